The van der Waals surface area contributed by atoms with Gasteiger partial charge in [-0.1, -0.05) is 42.5 Å². The smallest absolute Gasteiger partial charge is 0.251 e. The fourth-order valence-electron chi connectivity index (χ4n) is 3.30. The molecular formula is C22H26N4OS. The van der Waals surface area contributed by atoms with E-state index in [0.717, 1.165) is 29.1 Å². The molecule has 0 atom stereocenters. The lowest BCUT2D eigenvalue weighted by Gasteiger charge is -2.17. The molecule has 3 rings (SSSR count). The van der Waals surface area contributed by atoms with Crippen molar-refractivity contribution in [3.8, 4) is 11.3 Å². The molecule has 0 fully saturated rings. The quantitative estimate of drug-likeness (QED) is 0.612. The van der Waals surface area contributed by atoms with Gasteiger partial charge in [-0.15, -0.1) is 0 Å². The van der Waals surface area contributed by atoms with Crippen LogP contribution in [0.1, 0.15) is 22.8 Å². The molecule has 2 aromatic carbocycles. The lowest BCUT2D eigenvalue weighted by Crippen LogP contribution is -2.22. The number of amides is 1. The number of imidazole rings is 1. The molecule has 6 heteroatoms. The van der Waals surface area contributed by atoms with E-state index in [1.165, 1.54) is 5.56 Å². The highest BCUT2D eigenvalue weighted by molar-refractivity contribution is 7.71. The zero-order valence-corrected chi connectivity index (χ0v) is 17.4. The highest BCUT2D eigenvalue weighted by Crippen LogP contribution is 2.21. The number of benzene rings is 2. The molecule has 0 radical (unpaired) electrons. The average molecular weight is 395 g/mol. The summed E-state index contributed by atoms with van der Waals surface area (Å²) >= 11 is 5.71. The summed E-state index contributed by atoms with van der Waals surface area (Å²) in [6, 6.07) is 18.0. The Morgan fingerprint density at radius 3 is 2.39 bits per heavy atom. The number of nitrogens with zero attached hydrogens (tertiary/aromatic N) is 3. The van der Waals surface area contributed by atoms with Gasteiger partial charge in [0.25, 0.3) is 5.91 Å². The van der Waals surface area contributed by atoms with Gasteiger partial charge in [-0.25, -0.2) is 0 Å². The molecule has 0 bridgehead atoms. The van der Waals surface area contributed by atoms with Gasteiger partial charge in [-0.3, -0.25) is 9.69 Å². The third-order valence-electron chi connectivity index (χ3n) is 4.72. The van der Waals surface area contributed by atoms with Gasteiger partial charge in [0.15, 0.2) is 4.77 Å². The third kappa shape index (κ3) is 4.40. The Kier molecular flexibility index (Phi) is 6.44. The molecule has 1 heterocycles. The first-order chi connectivity index (χ1) is 13.5. The molecule has 3 aromatic rings. The van der Waals surface area contributed by atoms with Crippen LogP contribution in [0.4, 0.5) is 0 Å². The van der Waals surface area contributed by atoms with Gasteiger partial charge in [0.2, 0.25) is 0 Å². The van der Waals surface area contributed by atoms with Crippen molar-refractivity contribution in [1.82, 2.24) is 19.4 Å². The number of hydrogen-bond donors (Lipinski definition) is 1. The lowest BCUT2D eigenvalue weighted by molar-refractivity contribution is 0.0963. The topological polar surface area (TPSA) is 42.2 Å². The van der Waals surface area contributed by atoms with Crippen LogP contribution in [-0.4, -0.2) is 34.0 Å². The van der Waals surface area contributed by atoms with E-state index < -0.39 is 0 Å². The molecule has 0 aliphatic carbocycles. The van der Waals surface area contributed by atoms with Crippen LogP contribution in [0.5, 0.6) is 0 Å². The average Bonchev–Trinajstić information content (AvgIpc) is 3.03. The van der Waals surface area contributed by atoms with Gasteiger partial charge >= 0.3 is 0 Å². The van der Waals surface area contributed by atoms with Crippen molar-refractivity contribution in [3.63, 3.8) is 0 Å². The van der Waals surface area contributed by atoms with Gasteiger partial charge in [0.05, 0.1) is 12.4 Å². The minimum absolute atomic E-state index is 0.0689. The Bertz CT molecular complexity index is 990. The third-order valence-corrected chi connectivity index (χ3v) is 5.18. The summed E-state index contributed by atoms with van der Waals surface area (Å²) in [4.78, 5) is 13.9. The first kappa shape index (κ1) is 20.0. The standard InChI is InChI=1S/C22H26N4OS/c1-4-26-20(18-8-6-5-7-9-18)15-25(22(26)28)16-24(3)14-17-10-12-19(13-11-17)21(27)23-2/h5-13,15H,4,14,16H2,1-3H3,(H,23,27). The number of carbonyl (C=O) groups excluding carboxylic acids is 1. The van der Waals surface area contributed by atoms with Crippen molar-refractivity contribution >= 4 is 18.1 Å². The summed E-state index contributed by atoms with van der Waals surface area (Å²) < 4.78 is 5.10. The van der Waals surface area contributed by atoms with E-state index in [2.05, 4.69) is 51.7 Å². The zero-order chi connectivity index (χ0) is 20.1. The summed E-state index contributed by atoms with van der Waals surface area (Å²) in [6.45, 7) is 4.42. The second-order valence-electron chi connectivity index (χ2n) is 6.81. The Labute approximate surface area is 171 Å². The molecule has 1 aromatic heterocycles. The lowest BCUT2D eigenvalue weighted by atomic mass is 10.1. The van der Waals surface area contributed by atoms with E-state index in [1.54, 1.807) is 7.05 Å². The fraction of sp³-hybridized carbons (Fsp3) is 0.273. The molecule has 0 aliphatic heterocycles. The maximum atomic E-state index is 11.7. The first-order valence-corrected chi connectivity index (χ1v) is 9.79. The molecular weight excluding hydrogens is 368 g/mol. The van der Waals surface area contributed by atoms with Crippen LogP contribution in [0.2, 0.25) is 0 Å². The highest BCUT2D eigenvalue weighted by atomic mass is 32.1. The molecule has 1 amide bonds. The van der Waals surface area contributed by atoms with Crippen LogP contribution in [0.3, 0.4) is 0 Å². The summed E-state index contributed by atoms with van der Waals surface area (Å²) in [5, 5.41) is 2.64. The number of hydrogen-bond acceptors (Lipinski definition) is 3. The molecule has 0 spiro atoms. The number of carbonyl (C=O) groups is 1. The van der Waals surface area contributed by atoms with E-state index in [4.69, 9.17) is 12.2 Å². The summed E-state index contributed by atoms with van der Waals surface area (Å²) in [7, 11) is 3.71. The Morgan fingerprint density at radius 2 is 1.79 bits per heavy atom. The van der Waals surface area contributed by atoms with Crippen LogP contribution >= 0.6 is 12.2 Å². The molecule has 0 aliphatic rings. The predicted octanol–water partition coefficient (Wildman–Crippen LogP) is 4.16. The minimum Gasteiger partial charge on any atom is -0.355 e. The van der Waals surface area contributed by atoms with Crippen molar-refractivity contribution in [2.45, 2.75) is 26.7 Å². The van der Waals surface area contributed by atoms with Crippen LogP contribution in [0.15, 0.2) is 60.8 Å². The molecule has 0 saturated carbocycles. The number of aromatic nitrogens is 2. The summed E-state index contributed by atoms with van der Waals surface area (Å²) in [5.74, 6) is -0.0689. The maximum Gasteiger partial charge on any atom is 0.251 e. The number of nitrogens with one attached hydrogen (secondary N) is 1. The van der Waals surface area contributed by atoms with Crippen molar-refractivity contribution in [2.75, 3.05) is 14.1 Å². The molecule has 5 nitrogen and oxygen atoms in total. The van der Waals surface area contributed by atoms with E-state index in [1.807, 2.05) is 42.5 Å². The zero-order valence-electron chi connectivity index (χ0n) is 16.6. The maximum absolute atomic E-state index is 11.7. The monoisotopic (exact) mass is 394 g/mol. The van der Waals surface area contributed by atoms with Gasteiger partial charge in [-0.05, 0) is 49.4 Å². The number of rotatable bonds is 7. The van der Waals surface area contributed by atoms with Crippen LogP contribution in [0.25, 0.3) is 11.3 Å². The SMILES string of the molecule is CCn1c(-c2ccccc2)cn(CN(C)Cc2ccc(C(=O)NC)cc2)c1=S. The second kappa shape index (κ2) is 8.99. The van der Waals surface area contributed by atoms with E-state index in [-0.39, 0.29) is 5.91 Å². The van der Waals surface area contributed by atoms with Crippen molar-refractivity contribution < 1.29 is 4.79 Å². The molecule has 1 N–H and O–H groups in total. The molecule has 0 unspecified atom stereocenters. The van der Waals surface area contributed by atoms with Gasteiger partial charge in [-0.2, -0.15) is 0 Å². The van der Waals surface area contributed by atoms with Gasteiger partial charge in [0.1, 0.15) is 0 Å². The summed E-state index contributed by atoms with van der Waals surface area (Å²) in [5.41, 5.74) is 4.13. The van der Waals surface area contributed by atoms with E-state index in [9.17, 15) is 4.79 Å². The Hall–Kier alpha value is -2.70. The second-order valence-corrected chi connectivity index (χ2v) is 7.17. The molecule has 146 valence electrons. The predicted molar refractivity (Wildman–Crippen MR) is 116 cm³/mol. The molecule has 28 heavy (non-hydrogen) atoms. The first-order valence-electron chi connectivity index (χ1n) is 9.38. The largest absolute Gasteiger partial charge is 0.355 e. The van der Waals surface area contributed by atoms with Crippen molar-refractivity contribution in [3.05, 3.63) is 76.7 Å². The Morgan fingerprint density at radius 1 is 1.11 bits per heavy atom. The normalized spacial score (nSPS) is 11.0. The van der Waals surface area contributed by atoms with Gasteiger partial charge < -0.3 is 14.5 Å². The molecule has 0 saturated heterocycles. The van der Waals surface area contributed by atoms with Crippen molar-refractivity contribution in [2.24, 2.45) is 0 Å². The Balaban J connectivity index is 1.75. The van der Waals surface area contributed by atoms with Crippen LogP contribution < -0.4 is 5.32 Å². The van der Waals surface area contributed by atoms with Crippen LogP contribution in [-0.2, 0) is 19.8 Å². The van der Waals surface area contributed by atoms with E-state index >= 15 is 0 Å². The fourth-order valence-corrected chi connectivity index (χ4v) is 3.64. The van der Waals surface area contributed by atoms with Crippen molar-refractivity contribution in [1.29, 1.82) is 0 Å². The summed E-state index contributed by atoms with van der Waals surface area (Å²) in [6.07, 6.45) is 2.13. The highest BCUT2D eigenvalue weighted by Gasteiger charge is 2.11. The van der Waals surface area contributed by atoms with Crippen LogP contribution in [0, 0.1) is 4.77 Å². The van der Waals surface area contributed by atoms with Gasteiger partial charge in [0, 0.05) is 31.9 Å². The van der Waals surface area contributed by atoms with E-state index in [0.29, 0.717) is 12.2 Å². The minimum atomic E-state index is -0.0689.